The van der Waals surface area contributed by atoms with Crippen LogP contribution in [-0.4, -0.2) is 53.7 Å². The summed E-state index contributed by atoms with van der Waals surface area (Å²) in [5, 5.41) is 20.0. The lowest BCUT2D eigenvalue weighted by Gasteiger charge is -2.45. The van der Waals surface area contributed by atoms with E-state index >= 15 is 0 Å². The van der Waals surface area contributed by atoms with Crippen LogP contribution in [-0.2, 0) is 14.9 Å². The predicted octanol–water partition coefficient (Wildman–Crippen LogP) is 0.0546. The molecule has 1 aliphatic rings. The van der Waals surface area contributed by atoms with Crippen LogP contribution in [0.15, 0.2) is 15.8 Å². The number of aromatic amines is 1. The molecular formula is C17H30N2O6Si. The molecule has 148 valence electrons. The monoisotopic (exact) mass is 386 g/mol. The SMILES string of the molecule is Cc1cn([C@@]2(C(O[SiH](C)C)C(C)(C)C)C[C@H](O)[C@@H](CO)O2)c(=O)[nH]c1=O. The standard InChI is InChI=1S/C17H30N2O6Si/c1-10-8-19(15(23)18-13(10)22)17(7-11(21)12(9-20)24-17)14(16(2,3)4)25-26(5)6/h8,11-12,14,20-21,26H,7,9H2,1-6H3,(H,18,22,23)/t11-,12+,14?,17-/m0/s1. The third kappa shape index (κ3) is 3.86. The fraction of sp³-hybridized carbons (Fsp3) is 0.765. The first-order valence-electron chi connectivity index (χ1n) is 8.87. The van der Waals surface area contributed by atoms with E-state index in [4.69, 9.17) is 9.16 Å². The molecule has 2 rings (SSSR count). The minimum Gasteiger partial charge on any atom is -0.412 e. The zero-order valence-electron chi connectivity index (χ0n) is 16.3. The molecular weight excluding hydrogens is 356 g/mol. The van der Waals surface area contributed by atoms with Crippen molar-refractivity contribution in [3.63, 3.8) is 0 Å². The molecule has 26 heavy (non-hydrogen) atoms. The molecule has 0 radical (unpaired) electrons. The summed E-state index contributed by atoms with van der Waals surface area (Å²) in [5.41, 5.74) is -2.50. The lowest BCUT2D eigenvalue weighted by atomic mass is 9.81. The number of aryl methyl sites for hydroxylation is 1. The Kier molecular flexibility index (Phi) is 5.98. The topological polar surface area (TPSA) is 114 Å². The number of aliphatic hydroxyl groups is 2. The highest BCUT2D eigenvalue weighted by Crippen LogP contribution is 2.45. The van der Waals surface area contributed by atoms with Gasteiger partial charge >= 0.3 is 5.69 Å². The second-order valence-corrected chi connectivity index (χ2v) is 10.7. The van der Waals surface area contributed by atoms with E-state index in [9.17, 15) is 19.8 Å². The number of hydrogen-bond acceptors (Lipinski definition) is 6. The highest BCUT2D eigenvalue weighted by Gasteiger charge is 2.56. The summed E-state index contributed by atoms with van der Waals surface area (Å²) in [5.74, 6) is 0. The van der Waals surface area contributed by atoms with Crippen LogP contribution < -0.4 is 11.2 Å². The lowest BCUT2D eigenvalue weighted by Crippen LogP contribution is -2.58. The molecule has 3 N–H and O–H groups in total. The Hall–Kier alpha value is -1.26. The van der Waals surface area contributed by atoms with E-state index in [0.29, 0.717) is 5.56 Å². The normalized spacial score (nSPS) is 27.9. The van der Waals surface area contributed by atoms with E-state index in [2.05, 4.69) is 4.98 Å². The van der Waals surface area contributed by atoms with Crippen LogP contribution in [0.4, 0.5) is 0 Å². The molecule has 1 fully saturated rings. The maximum Gasteiger partial charge on any atom is 0.330 e. The number of aromatic nitrogens is 2. The Bertz CT molecular complexity index is 753. The predicted molar refractivity (Wildman–Crippen MR) is 99.8 cm³/mol. The van der Waals surface area contributed by atoms with Crippen molar-refractivity contribution < 1.29 is 19.4 Å². The minimum atomic E-state index is -1.55. The van der Waals surface area contributed by atoms with Crippen LogP contribution >= 0.6 is 0 Å². The molecule has 1 aromatic rings. The van der Waals surface area contributed by atoms with Crippen molar-refractivity contribution in [1.82, 2.24) is 9.55 Å². The van der Waals surface area contributed by atoms with E-state index in [1.165, 1.54) is 10.8 Å². The number of aliphatic hydroxyl groups excluding tert-OH is 2. The Balaban J connectivity index is 2.74. The zero-order valence-corrected chi connectivity index (χ0v) is 17.4. The molecule has 2 heterocycles. The molecule has 8 nitrogen and oxygen atoms in total. The molecule has 0 amide bonds. The second kappa shape index (κ2) is 7.39. The van der Waals surface area contributed by atoms with Gasteiger partial charge in [-0.25, -0.2) is 4.79 Å². The maximum atomic E-state index is 12.6. The van der Waals surface area contributed by atoms with Gasteiger partial charge in [-0.1, -0.05) is 20.8 Å². The van der Waals surface area contributed by atoms with Crippen LogP contribution in [0.3, 0.4) is 0 Å². The highest BCUT2D eigenvalue weighted by atomic mass is 28.3. The van der Waals surface area contributed by atoms with Gasteiger partial charge in [-0.05, 0) is 25.4 Å². The van der Waals surface area contributed by atoms with Crippen molar-refractivity contribution in [1.29, 1.82) is 0 Å². The molecule has 4 atom stereocenters. The van der Waals surface area contributed by atoms with Gasteiger partial charge in [0.25, 0.3) is 5.56 Å². The number of ether oxygens (including phenoxy) is 1. The van der Waals surface area contributed by atoms with Crippen LogP contribution in [0.1, 0.15) is 32.8 Å². The molecule has 0 aromatic carbocycles. The van der Waals surface area contributed by atoms with Crippen LogP contribution in [0, 0.1) is 12.3 Å². The first-order chi connectivity index (χ1) is 11.9. The maximum absolute atomic E-state index is 12.6. The van der Waals surface area contributed by atoms with Crippen molar-refractivity contribution in [3.8, 4) is 0 Å². The van der Waals surface area contributed by atoms with Gasteiger partial charge in [0, 0.05) is 18.2 Å². The van der Waals surface area contributed by atoms with Crippen molar-refractivity contribution >= 4 is 9.04 Å². The van der Waals surface area contributed by atoms with Crippen molar-refractivity contribution in [2.75, 3.05) is 6.61 Å². The van der Waals surface area contributed by atoms with Gasteiger partial charge in [0.2, 0.25) is 0 Å². The fourth-order valence-corrected chi connectivity index (χ4v) is 4.70. The summed E-state index contributed by atoms with van der Waals surface area (Å²) < 4.78 is 13.7. The van der Waals surface area contributed by atoms with E-state index < -0.39 is 49.7 Å². The molecule has 0 spiro atoms. The average Bonchev–Trinajstić information content (AvgIpc) is 2.84. The van der Waals surface area contributed by atoms with Crippen molar-refractivity contribution in [2.24, 2.45) is 5.41 Å². The largest absolute Gasteiger partial charge is 0.412 e. The van der Waals surface area contributed by atoms with E-state index in [1.807, 2.05) is 33.9 Å². The molecule has 0 saturated carbocycles. The summed E-state index contributed by atoms with van der Waals surface area (Å²) >= 11 is 0. The molecule has 1 saturated heterocycles. The third-order valence-electron chi connectivity index (χ3n) is 4.60. The van der Waals surface area contributed by atoms with Gasteiger partial charge in [-0.15, -0.1) is 0 Å². The molecule has 1 aliphatic heterocycles. The summed E-state index contributed by atoms with van der Waals surface area (Å²) in [4.78, 5) is 26.8. The highest BCUT2D eigenvalue weighted by molar-refractivity contribution is 6.48. The number of nitrogens with zero attached hydrogens (tertiary/aromatic N) is 1. The zero-order chi connectivity index (χ0) is 19.9. The second-order valence-electron chi connectivity index (χ2n) is 8.33. The first-order valence-corrected chi connectivity index (χ1v) is 11.7. The smallest absolute Gasteiger partial charge is 0.330 e. The number of nitrogens with one attached hydrogen (secondary N) is 1. The molecule has 9 heteroatoms. The lowest BCUT2D eigenvalue weighted by molar-refractivity contribution is -0.197. The Morgan fingerprint density at radius 2 is 2.08 bits per heavy atom. The number of H-pyrrole nitrogens is 1. The quantitative estimate of drug-likeness (QED) is 0.617. The summed E-state index contributed by atoms with van der Waals surface area (Å²) in [6, 6.07) is 0. The van der Waals surface area contributed by atoms with Gasteiger partial charge < -0.3 is 19.4 Å². The van der Waals surface area contributed by atoms with Gasteiger partial charge in [-0.2, -0.15) is 0 Å². The summed E-state index contributed by atoms with van der Waals surface area (Å²) in [7, 11) is -1.55. The Labute approximate surface area is 154 Å². The van der Waals surface area contributed by atoms with E-state index in [0.717, 1.165) is 0 Å². The van der Waals surface area contributed by atoms with Gasteiger partial charge in [0.1, 0.15) is 6.10 Å². The van der Waals surface area contributed by atoms with Gasteiger partial charge in [0.15, 0.2) is 14.8 Å². The van der Waals surface area contributed by atoms with Crippen LogP contribution in [0.25, 0.3) is 0 Å². The Morgan fingerprint density at radius 3 is 2.54 bits per heavy atom. The van der Waals surface area contributed by atoms with E-state index in [-0.39, 0.29) is 13.0 Å². The third-order valence-corrected chi connectivity index (χ3v) is 5.42. The van der Waals surface area contributed by atoms with Crippen molar-refractivity contribution in [2.45, 2.75) is 71.2 Å². The molecule has 0 bridgehead atoms. The summed E-state index contributed by atoms with van der Waals surface area (Å²) in [6.07, 6.45) is -0.835. The fourth-order valence-electron chi connectivity index (χ4n) is 3.54. The van der Waals surface area contributed by atoms with E-state index in [1.54, 1.807) is 6.92 Å². The molecule has 1 unspecified atom stereocenters. The minimum absolute atomic E-state index is 0.0761. The molecule has 0 aliphatic carbocycles. The van der Waals surface area contributed by atoms with Crippen LogP contribution in [0.2, 0.25) is 13.1 Å². The number of hydrogen-bond donors (Lipinski definition) is 3. The first kappa shape index (κ1) is 21.0. The van der Waals surface area contributed by atoms with Crippen molar-refractivity contribution in [3.05, 3.63) is 32.6 Å². The molecule has 1 aromatic heterocycles. The Morgan fingerprint density at radius 1 is 1.46 bits per heavy atom. The number of rotatable bonds is 5. The summed E-state index contributed by atoms with van der Waals surface area (Å²) in [6.45, 7) is 11.2. The average molecular weight is 387 g/mol. The van der Waals surface area contributed by atoms with Crippen LogP contribution in [0.5, 0.6) is 0 Å². The van der Waals surface area contributed by atoms with Gasteiger partial charge in [0.05, 0.1) is 18.8 Å². The van der Waals surface area contributed by atoms with Gasteiger partial charge in [-0.3, -0.25) is 14.3 Å².